The normalized spacial score (nSPS) is 12.4. The van der Waals surface area contributed by atoms with E-state index in [0.717, 1.165) is 4.47 Å². The van der Waals surface area contributed by atoms with Gasteiger partial charge in [-0.25, -0.2) is 14.9 Å². The van der Waals surface area contributed by atoms with Crippen LogP contribution in [0.1, 0.15) is 38.9 Å². The fourth-order valence-electron chi connectivity index (χ4n) is 1.62. The van der Waals surface area contributed by atoms with Crippen molar-refractivity contribution in [2.45, 2.75) is 38.9 Å². The molecule has 5 nitrogen and oxygen atoms in total. The first-order chi connectivity index (χ1) is 10.2. The summed E-state index contributed by atoms with van der Waals surface area (Å²) in [5.41, 5.74) is -0.0887. The van der Waals surface area contributed by atoms with Gasteiger partial charge in [-0.2, -0.15) is 0 Å². The third-order valence-electron chi connectivity index (χ3n) is 2.47. The Balaban J connectivity index is 2.65. The summed E-state index contributed by atoms with van der Waals surface area (Å²) in [6.07, 6.45) is -2.66. The van der Waals surface area contributed by atoms with E-state index < -0.39 is 30.6 Å². The first-order valence-corrected chi connectivity index (χ1v) is 7.52. The van der Waals surface area contributed by atoms with Gasteiger partial charge in [0.15, 0.2) is 0 Å². The van der Waals surface area contributed by atoms with Crippen molar-refractivity contribution in [2.75, 3.05) is 6.67 Å². The summed E-state index contributed by atoms with van der Waals surface area (Å²) in [6, 6.07) is 6.95. The van der Waals surface area contributed by atoms with Crippen LogP contribution in [0, 0.1) is 0 Å². The van der Waals surface area contributed by atoms with Crippen LogP contribution >= 0.6 is 15.9 Å². The van der Waals surface area contributed by atoms with Gasteiger partial charge in [0, 0.05) is 10.9 Å². The molecule has 0 aliphatic carbocycles. The van der Waals surface area contributed by atoms with E-state index in [1.165, 1.54) is 0 Å². The monoisotopic (exact) mass is 375 g/mol. The maximum atomic E-state index is 12.6. The molecule has 0 spiro atoms. The molecular weight excluding hydrogens is 357 g/mol. The number of carbonyl (C=O) groups excluding carboxylic acids is 2. The van der Waals surface area contributed by atoms with E-state index >= 15 is 0 Å². The van der Waals surface area contributed by atoms with Crippen molar-refractivity contribution in [3.63, 3.8) is 0 Å². The molecule has 1 rings (SSSR count). The largest absolute Gasteiger partial charge is 0.443 e. The second-order valence-corrected chi connectivity index (χ2v) is 6.47. The number of amides is 2. The minimum atomic E-state index is -0.976. The minimum absolute atomic E-state index is 0.00334. The third-order valence-corrected chi connectivity index (χ3v) is 2.99. The average molecular weight is 376 g/mol. The summed E-state index contributed by atoms with van der Waals surface area (Å²) in [5.74, 6) is 0. The highest BCUT2D eigenvalue weighted by Crippen LogP contribution is 2.23. The van der Waals surface area contributed by atoms with E-state index in [9.17, 15) is 14.0 Å². The van der Waals surface area contributed by atoms with Crippen LogP contribution in [0.3, 0.4) is 0 Å². The zero-order chi connectivity index (χ0) is 16.8. The van der Waals surface area contributed by atoms with Gasteiger partial charge in [-0.1, -0.05) is 28.1 Å². The molecule has 2 amide bonds. The van der Waals surface area contributed by atoms with Crippen LogP contribution in [0.15, 0.2) is 28.7 Å². The Morgan fingerprint density at radius 2 is 1.82 bits per heavy atom. The number of imide groups is 1. The Labute approximate surface area is 137 Å². The molecule has 1 N–H and O–H groups in total. The van der Waals surface area contributed by atoms with Crippen LogP contribution in [0.25, 0.3) is 0 Å². The highest BCUT2D eigenvalue weighted by Gasteiger charge is 2.22. The molecule has 0 saturated heterocycles. The van der Waals surface area contributed by atoms with E-state index in [2.05, 4.69) is 15.9 Å². The molecule has 1 aromatic rings. The van der Waals surface area contributed by atoms with Crippen LogP contribution in [0.5, 0.6) is 0 Å². The summed E-state index contributed by atoms with van der Waals surface area (Å²) in [4.78, 5) is 23.2. The number of halogens is 2. The molecule has 0 heterocycles. The van der Waals surface area contributed by atoms with Crippen LogP contribution in [-0.2, 0) is 9.47 Å². The van der Waals surface area contributed by atoms with Gasteiger partial charge in [0.05, 0.1) is 6.67 Å². The standard InChI is InChI=1S/C15H19BrFNO4/c1-15(2,3)22-14(20)18-13(19)21-12(8-9-17)10-4-6-11(16)7-5-10/h4-7,12H,8-9H2,1-3H3,(H,18,19,20)/t12-/m0/s1. The second kappa shape index (κ2) is 8.12. The van der Waals surface area contributed by atoms with Crippen LogP contribution < -0.4 is 5.32 Å². The highest BCUT2D eigenvalue weighted by molar-refractivity contribution is 9.10. The lowest BCUT2D eigenvalue weighted by molar-refractivity contribution is 0.0459. The Kier molecular flexibility index (Phi) is 6.80. The maximum Gasteiger partial charge on any atom is 0.417 e. The van der Waals surface area contributed by atoms with Crippen molar-refractivity contribution < 1.29 is 23.5 Å². The number of hydrogen-bond acceptors (Lipinski definition) is 4. The first-order valence-electron chi connectivity index (χ1n) is 6.73. The SMILES string of the molecule is CC(C)(C)OC(=O)NC(=O)O[C@@H](CCF)c1ccc(Br)cc1. The number of nitrogens with one attached hydrogen (secondary N) is 1. The van der Waals surface area contributed by atoms with E-state index in [1.54, 1.807) is 45.0 Å². The van der Waals surface area contributed by atoms with Crippen LogP contribution in [0.2, 0.25) is 0 Å². The molecule has 0 aliphatic rings. The zero-order valence-electron chi connectivity index (χ0n) is 12.7. The van der Waals surface area contributed by atoms with E-state index in [0.29, 0.717) is 5.56 Å². The van der Waals surface area contributed by atoms with Gasteiger partial charge in [0.1, 0.15) is 11.7 Å². The van der Waals surface area contributed by atoms with Crippen molar-refractivity contribution in [1.29, 1.82) is 0 Å². The predicted octanol–water partition coefficient (Wildman–Crippen LogP) is 4.51. The van der Waals surface area contributed by atoms with Crippen molar-refractivity contribution in [3.05, 3.63) is 34.3 Å². The molecule has 0 bridgehead atoms. The van der Waals surface area contributed by atoms with E-state index in [1.807, 2.05) is 5.32 Å². The van der Waals surface area contributed by atoms with Crippen LogP contribution in [-0.4, -0.2) is 24.5 Å². The van der Waals surface area contributed by atoms with Gasteiger partial charge in [-0.05, 0) is 38.5 Å². The van der Waals surface area contributed by atoms with E-state index in [-0.39, 0.29) is 6.42 Å². The first kappa shape index (κ1) is 18.4. The predicted molar refractivity (Wildman–Crippen MR) is 83.3 cm³/mol. The lowest BCUT2D eigenvalue weighted by atomic mass is 10.1. The number of benzene rings is 1. The number of carbonyl (C=O) groups is 2. The maximum absolute atomic E-state index is 12.6. The summed E-state index contributed by atoms with van der Waals surface area (Å²) in [6.45, 7) is 4.36. The minimum Gasteiger partial charge on any atom is -0.443 e. The molecule has 0 aliphatic heterocycles. The van der Waals surface area contributed by atoms with Crippen molar-refractivity contribution in [3.8, 4) is 0 Å². The molecule has 0 aromatic heterocycles. The molecular formula is C15H19BrFNO4. The van der Waals surface area contributed by atoms with Gasteiger partial charge in [0.2, 0.25) is 0 Å². The Morgan fingerprint density at radius 1 is 1.23 bits per heavy atom. The van der Waals surface area contributed by atoms with Gasteiger partial charge in [-0.15, -0.1) is 0 Å². The van der Waals surface area contributed by atoms with Gasteiger partial charge in [-0.3, -0.25) is 4.39 Å². The van der Waals surface area contributed by atoms with Crippen LogP contribution in [0.4, 0.5) is 14.0 Å². The third kappa shape index (κ3) is 6.89. The number of hydrogen-bond donors (Lipinski definition) is 1. The smallest absolute Gasteiger partial charge is 0.417 e. The topological polar surface area (TPSA) is 64.6 Å². The Bertz CT molecular complexity index is 513. The quantitative estimate of drug-likeness (QED) is 0.840. The molecule has 0 unspecified atom stereocenters. The number of alkyl carbamates (subject to hydrolysis) is 2. The molecule has 7 heteroatoms. The number of alkyl halides is 1. The fourth-order valence-corrected chi connectivity index (χ4v) is 1.88. The lowest BCUT2D eigenvalue weighted by Gasteiger charge is -2.20. The molecule has 1 atom stereocenters. The second-order valence-electron chi connectivity index (χ2n) is 5.55. The summed E-state index contributed by atoms with van der Waals surface area (Å²) in [7, 11) is 0. The zero-order valence-corrected chi connectivity index (χ0v) is 14.3. The number of rotatable bonds is 4. The number of ether oxygens (including phenoxy) is 2. The van der Waals surface area contributed by atoms with Gasteiger partial charge in [0.25, 0.3) is 0 Å². The van der Waals surface area contributed by atoms with E-state index in [4.69, 9.17) is 9.47 Å². The van der Waals surface area contributed by atoms with Crippen molar-refractivity contribution in [2.24, 2.45) is 0 Å². The average Bonchev–Trinajstić information content (AvgIpc) is 2.36. The summed E-state index contributed by atoms with van der Waals surface area (Å²) in [5, 5.41) is 1.95. The lowest BCUT2D eigenvalue weighted by Crippen LogP contribution is -2.37. The highest BCUT2D eigenvalue weighted by atomic mass is 79.9. The Morgan fingerprint density at radius 3 is 2.32 bits per heavy atom. The summed E-state index contributed by atoms with van der Waals surface area (Å²) >= 11 is 3.29. The molecule has 0 saturated carbocycles. The molecule has 0 radical (unpaired) electrons. The summed E-state index contributed by atoms with van der Waals surface area (Å²) < 4.78 is 23.5. The molecule has 0 fully saturated rings. The van der Waals surface area contributed by atoms with Crippen molar-refractivity contribution >= 4 is 28.1 Å². The fraction of sp³-hybridized carbons (Fsp3) is 0.467. The Hall–Kier alpha value is -1.63. The molecule has 22 heavy (non-hydrogen) atoms. The molecule has 1 aromatic carbocycles. The van der Waals surface area contributed by atoms with Crippen molar-refractivity contribution in [1.82, 2.24) is 5.32 Å². The van der Waals surface area contributed by atoms with Gasteiger partial charge < -0.3 is 9.47 Å². The molecule has 122 valence electrons. The van der Waals surface area contributed by atoms with Gasteiger partial charge >= 0.3 is 12.2 Å².